The summed E-state index contributed by atoms with van der Waals surface area (Å²) in [6, 6.07) is 0. The van der Waals surface area contributed by atoms with Gasteiger partial charge in [0.05, 0.1) is 11.3 Å². The van der Waals surface area contributed by atoms with Crippen molar-refractivity contribution in [2.75, 3.05) is 26.8 Å². The Bertz CT molecular complexity index is 337. The summed E-state index contributed by atoms with van der Waals surface area (Å²) >= 11 is 0. The van der Waals surface area contributed by atoms with E-state index in [4.69, 9.17) is 9.84 Å². The van der Waals surface area contributed by atoms with Crippen LogP contribution in [0.4, 0.5) is 0 Å². The van der Waals surface area contributed by atoms with Crippen LogP contribution in [0.5, 0.6) is 0 Å². The first-order chi connectivity index (χ1) is 9.43. The molecule has 0 aliphatic heterocycles. The van der Waals surface area contributed by atoms with Gasteiger partial charge in [-0.15, -0.1) is 0 Å². The second-order valence-corrected chi connectivity index (χ2v) is 5.86. The van der Waals surface area contributed by atoms with Crippen molar-refractivity contribution in [3.8, 4) is 0 Å². The molecule has 0 radical (unpaired) electrons. The number of carbonyl (C=O) groups is 2. The summed E-state index contributed by atoms with van der Waals surface area (Å²) in [7, 11) is 1.71. The fourth-order valence-corrected chi connectivity index (χ4v) is 3.01. The summed E-state index contributed by atoms with van der Waals surface area (Å²) < 4.78 is 5.40. The Morgan fingerprint density at radius 3 is 2.45 bits per heavy atom. The summed E-state index contributed by atoms with van der Waals surface area (Å²) in [5, 5.41) is 8.96. The van der Waals surface area contributed by atoms with Gasteiger partial charge in [-0.05, 0) is 26.2 Å². The van der Waals surface area contributed by atoms with E-state index in [-0.39, 0.29) is 17.9 Å². The van der Waals surface area contributed by atoms with Crippen LogP contribution in [0.15, 0.2) is 0 Å². The minimum Gasteiger partial charge on any atom is -0.481 e. The van der Waals surface area contributed by atoms with Crippen molar-refractivity contribution in [3.63, 3.8) is 0 Å². The highest BCUT2D eigenvalue weighted by molar-refractivity contribution is 5.83. The molecular weight excluding hydrogens is 258 g/mol. The lowest BCUT2D eigenvalue weighted by molar-refractivity contribution is -0.146. The fourth-order valence-electron chi connectivity index (χ4n) is 3.01. The third kappa shape index (κ3) is 4.20. The van der Waals surface area contributed by atoms with Gasteiger partial charge in [-0.25, -0.2) is 0 Å². The molecule has 1 rings (SSSR count). The van der Waals surface area contributed by atoms with Gasteiger partial charge in [0.25, 0.3) is 0 Å². The molecule has 20 heavy (non-hydrogen) atoms. The highest BCUT2D eigenvalue weighted by atomic mass is 16.5. The number of carbonyl (C=O) groups excluding carboxylic acids is 1. The number of carboxylic acid groups (broad SMARTS) is 1. The summed E-state index contributed by atoms with van der Waals surface area (Å²) in [5.74, 6) is -1.31. The van der Waals surface area contributed by atoms with Crippen LogP contribution >= 0.6 is 0 Å². The predicted octanol–water partition coefficient (Wildman–Crippen LogP) is 2.15. The molecule has 1 amide bonds. The molecule has 0 aromatic carbocycles. The number of ether oxygens (including phenoxy) is 1. The van der Waals surface area contributed by atoms with Crippen LogP contribution in [-0.2, 0) is 14.3 Å². The lowest BCUT2D eigenvalue weighted by Crippen LogP contribution is -2.43. The molecule has 0 heterocycles. The van der Waals surface area contributed by atoms with Crippen LogP contribution in [-0.4, -0.2) is 48.7 Å². The zero-order chi connectivity index (χ0) is 15.2. The smallest absolute Gasteiger partial charge is 0.308 e. The van der Waals surface area contributed by atoms with Gasteiger partial charge in [0.2, 0.25) is 5.91 Å². The van der Waals surface area contributed by atoms with Crippen LogP contribution in [0.3, 0.4) is 0 Å². The zero-order valence-electron chi connectivity index (χ0n) is 12.9. The average molecular weight is 285 g/mol. The first kappa shape index (κ1) is 17.0. The molecule has 1 saturated carbocycles. The molecule has 1 aliphatic rings. The van der Waals surface area contributed by atoms with Crippen molar-refractivity contribution in [1.82, 2.24) is 4.90 Å². The minimum absolute atomic E-state index is 0.0859. The van der Waals surface area contributed by atoms with Crippen LogP contribution in [0.25, 0.3) is 0 Å². The molecule has 0 aromatic rings. The number of nitrogens with zero attached hydrogens (tertiary/aromatic N) is 1. The lowest BCUT2D eigenvalue weighted by Gasteiger charge is -2.33. The second kappa shape index (κ2) is 7.62. The van der Waals surface area contributed by atoms with Crippen molar-refractivity contribution in [1.29, 1.82) is 0 Å². The van der Waals surface area contributed by atoms with Crippen molar-refractivity contribution in [2.45, 2.75) is 46.0 Å². The van der Waals surface area contributed by atoms with Crippen LogP contribution in [0.2, 0.25) is 0 Å². The Morgan fingerprint density at radius 2 is 1.95 bits per heavy atom. The molecule has 1 N–H and O–H groups in total. The maximum Gasteiger partial charge on any atom is 0.308 e. The zero-order valence-corrected chi connectivity index (χ0v) is 12.9. The van der Waals surface area contributed by atoms with Gasteiger partial charge in [-0.2, -0.15) is 0 Å². The van der Waals surface area contributed by atoms with Crippen LogP contribution in [0, 0.1) is 11.3 Å². The Balaban J connectivity index is 2.65. The molecule has 0 bridgehead atoms. The maximum atomic E-state index is 12.7. The summed E-state index contributed by atoms with van der Waals surface area (Å²) in [4.78, 5) is 25.2. The average Bonchev–Trinajstić information content (AvgIpc) is 2.87. The quantitative estimate of drug-likeness (QED) is 0.694. The van der Waals surface area contributed by atoms with Gasteiger partial charge in [0, 0.05) is 26.8 Å². The van der Waals surface area contributed by atoms with E-state index in [1.54, 1.807) is 18.9 Å². The van der Waals surface area contributed by atoms with E-state index < -0.39 is 11.9 Å². The maximum absolute atomic E-state index is 12.7. The van der Waals surface area contributed by atoms with Crippen LogP contribution < -0.4 is 0 Å². The summed E-state index contributed by atoms with van der Waals surface area (Å²) in [5.41, 5.74) is -0.331. The normalized spacial score (nSPS) is 18.8. The molecule has 0 saturated heterocycles. The Morgan fingerprint density at radius 1 is 1.35 bits per heavy atom. The largest absolute Gasteiger partial charge is 0.481 e. The van der Waals surface area contributed by atoms with E-state index in [9.17, 15) is 9.59 Å². The molecule has 5 heteroatoms. The summed E-state index contributed by atoms with van der Waals surface area (Å²) in [6.45, 7) is 5.11. The predicted molar refractivity (Wildman–Crippen MR) is 76.4 cm³/mol. The molecule has 1 unspecified atom stereocenters. The molecule has 1 atom stereocenters. The van der Waals surface area contributed by atoms with Crippen molar-refractivity contribution in [3.05, 3.63) is 0 Å². The van der Waals surface area contributed by atoms with E-state index >= 15 is 0 Å². The van der Waals surface area contributed by atoms with E-state index in [0.717, 1.165) is 32.1 Å². The Kier molecular flexibility index (Phi) is 6.46. The molecule has 1 aliphatic carbocycles. The molecule has 116 valence electrons. The standard InChI is InChI=1S/C15H27NO4/c1-4-20-10-9-15(7-5-6-8-15)14(19)16(3)11-12(2)13(17)18/h12H,4-11H2,1-3H3,(H,17,18). The van der Waals surface area contributed by atoms with E-state index in [1.165, 1.54) is 0 Å². The number of hydrogen-bond acceptors (Lipinski definition) is 3. The first-order valence-electron chi connectivity index (χ1n) is 7.49. The van der Waals surface area contributed by atoms with Gasteiger partial charge < -0.3 is 14.7 Å². The fraction of sp³-hybridized carbons (Fsp3) is 0.867. The van der Waals surface area contributed by atoms with Gasteiger partial charge in [0.1, 0.15) is 0 Å². The van der Waals surface area contributed by atoms with Gasteiger partial charge in [0.15, 0.2) is 0 Å². The van der Waals surface area contributed by atoms with Gasteiger partial charge >= 0.3 is 5.97 Å². The molecule has 1 fully saturated rings. The highest BCUT2D eigenvalue weighted by Gasteiger charge is 2.42. The molecule has 5 nitrogen and oxygen atoms in total. The number of amides is 1. The van der Waals surface area contributed by atoms with Crippen molar-refractivity contribution in [2.24, 2.45) is 11.3 Å². The van der Waals surface area contributed by atoms with E-state index in [2.05, 4.69) is 0 Å². The minimum atomic E-state index is -0.862. The SMILES string of the molecule is CCOCCC1(C(=O)N(C)CC(C)C(=O)O)CCCC1. The second-order valence-electron chi connectivity index (χ2n) is 5.86. The Hall–Kier alpha value is -1.10. The number of carboxylic acids is 1. The van der Waals surface area contributed by atoms with Crippen molar-refractivity contribution >= 4 is 11.9 Å². The topological polar surface area (TPSA) is 66.8 Å². The highest BCUT2D eigenvalue weighted by Crippen LogP contribution is 2.42. The summed E-state index contributed by atoms with van der Waals surface area (Å²) in [6.07, 6.45) is 4.67. The molecule has 0 aromatic heterocycles. The lowest BCUT2D eigenvalue weighted by atomic mass is 9.81. The number of rotatable bonds is 8. The van der Waals surface area contributed by atoms with Gasteiger partial charge in [-0.1, -0.05) is 19.8 Å². The molecule has 0 spiro atoms. The van der Waals surface area contributed by atoms with E-state index in [0.29, 0.717) is 13.2 Å². The third-order valence-corrected chi connectivity index (χ3v) is 4.26. The van der Waals surface area contributed by atoms with Gasteiger partial charge in [-0.3, -0.25) is 9.59 Å². The number of aliphatic carboxylic acids is 1. The van der Waals surface area contributed by atoms with Crippen molar-refractivity contribution < 1.29 is 19.4 Å². The number of hydrogen-bond donors (Lipinski definition) is 1. The van der Waals surface area contributed by atoms with Crippen LogP contribution in [0.1, 0.15) is 46.0 Å². The van der Waals surface area contributed by atoms with E-state index in [1.807, 2.05) is 6.92 Å². The Labute approximate surface area is 121 Å². The third-order valence-electron chi connectivity index (χ3n) is 4.26. The first-order valence-corrected chi connectivity index (χ1v) is 7.49. The monoisotopic (exact) mass is 285 g/mol. The molecular formula is C15H27NO4.